The van der Waals surface area contributed by atoms with Gasteiger partial charge in [-0.1, -0.05) is 27.3 Å². The maximum atomic E-state index is 10.9. The molecule has 8 nitrogen and oxygen atoms in total. The van der Waals surface area contributed by atoms with Crippen LogP contribution >= 0.6 is 27.3 Å². The van der Waals surface area contributed by atoms with Gasteiger partial charge in [0.2, 0.25) is 0 Å². The maximum absolute atomic E-state index is 10.9. The molecule has 0 radical (unpaired) electrons. The van der Waals surface area contributed by atoms with Gasteiger partial charge in [0.1, 0.15) is 5.69 Å². The standard InChI is InChI=1S/C21H24BrN5O3S/c22-13-4-5-16-15(11-13)19(25-27(16)18-3-1-2-10-30-18)17-12-23-20(31-17)26-8-6-14(7-9-26)24-21(28)29/h4-5,11-12,14,18,24H,1-3,6-10H2,(H,28,29). The van der Waals surface area contributed by atoms with E-state index in [1.54, 1.807) is 11.3 Å². The first-order chi connectivity index (χ1) is 15.1. The molecule has 2 aliphatic heterocycles. The van der Waals surface area contributed by atoms with E-state index in [2.05, 4.69) is 43.3 Å². The number of anilines is 1. The van der Waals surface area contributed by atoms with Gasteiger partial charge in [-0.05, 0) is 50.3 Å². The van der Waals surface area contributed by atoms with Crippen molar-refractivity contribution < 1.29 is 14.6 Å². The Morgan fingerprint density at radius 1 is 1.26 bits per heavy atom. The number of hydrogen-bond acceptors (Lipinski definition) is 6. The highest BCUT2D eigenvalue weighted by Gasteiger charge is 2.25. The molecule has 2 N–H and O–H groups in total. The predicted octanol–water partition coefficient (Wildman–Crippen LogP) is 4.86. The molecule has 31 heavy (non-hydrogen) atoms. The van der Waals surface area contributed by atoms with Crippen LogP contribution in [0.1, 0.15) is 38.3 Å². The summed E-state index contributed by atoms with van der Waals surface area (Å²) in [4.78, 5) is 18.8. The van der Waals surface area contributed by atoms with E-state index in [9.17, 15) is 4.79 Å². The number of thiazole rings is 1. The Bertz CT molecular complexity index is 1090. The zero-order valence-electron chi connectivity index (χ0n) is 17.0. The van der Waals surface area contributed by atoms with E-state index in [1.807, 2.05) is 16.9 Å². The van der Waals surface area contributed by atoms with E-state index < -0.39 is 6.09 Å². The Labute approximate surface area is 192 Å². The van der Waals surface area contributed by atoms with Crippen molar-refractivity contribution >= 4 is 49.4 Å². The van der Waals surface area contributed by atoms with Crippen LogP contribution in [0.4, 0.5) is 9.93 Å². The van der Waals surface area contributed by atoms with Gasteiger partial charge < -0.3 is 20.1 Å². The van der Waals surface area contributed by atoms with Crippen LogP contribution in [0.25, 0.3) is 21.5 Å². The van der Waals surface area contributed by atoms with Crippen molar-refractivity contribution in [2.45, 2.75) is 44.4 Å². The third-order valence-corrected chi connectivity index (χ3v) is 7.47. The van der Waals surface area contributed by atoms with Crippen molar-refractivity contribution in [1.29, 1.82) is 0 Å². The molecular formula is C21H24BrN5O3S. The summed E-state index contributed by atoms with van der Waals surface area (Å²) >= 11 is 5.23. The van der Waals surface area contributed by atoms with Crippen LogP contribution in [0.5, 0.6) is 0 Å². The highest BCUT2D eigenvalue weighted by Crippen LogP contribution is 2.38. The highest BCUT2D eigenvalue weighted by molar-refractivity contribution is 9.10. The van der Waals surface area contributed by atoms with Gasteiger partial charge in [0.15, 0.2) is 11.4 Å². The van der Waals surface area contributed by atoms with Gasteiger partial charge in [0.05, 0.1) is 10.4 Å². The van der Waals surface area contributed by atoms with Crippen molar-refractivity contribution in [2.75, 3.05) is 24.6 Å². The third-order valence-electron chi connectivity index (χ3n) is 5.92. The number of hydrogen-bond donors (Lipinski definition) is 2. The van der Waals surface area contributed by atoms with Gasteiger partial charge in [-0.3, -0.25) is 0 Å². The zero-order valence-corrected chi connectivity index (χ0v) is 19.4. The lowest BCUT2D eigenvalue weighted by molar-refractivity contribution is -0.0365. The lowest BCUT2D eigenvalue weighted by atomic mass is 10.1. The monoisotopic (exact) mass is 505 g/mol. The molecule has 5 rings (SSSR count). The minimum Gasteiger partial charge on any atom is -0.465 e. The SMILES string of the molecule is O=C(O)NC1CCN(c2ncc(-c3nn(C4CCCCO4)c4ccc(Br)cc34)s2)CC1. The molecule has 0 spiro atoms. The Balaban J connectivity index is 1.42. The average Bonchev–Trinajstić information content (AvgIpc) is 3.39. The van der Waals surface area contributed by atoms with Crippen LogP contribution in [0.3, 0.4) is 0 Å². The Morgan fingerprint density at radius 2 is 2.10 bits per heavy atom. The summed E-state index contributed by atoms with van der Waals surface area (Å²) < 4.78 is 9.05. The molecule has 0 saturated carbocycles. The van der Waals surface area contributed by atoms with Crippen LogP contribution in [0, 0.1) is 0 Å². The summed E-state index contributed by atoms with van der Waals surface area (Å²) in [5.74, 6) is 0. The van der Waals surface area contributed by atoms with Crippen LogP contribution < -0.4 is 10.2 Å². The zero-order chi connectivity index (χ0) is 21.4. The molecule has 3 aromatic rings. The van der Waals surface area contributed by atoms with E-state index in [1.165, 1.54) is 0 Å². The Morgan fingerprint density at radius 3 is 2.84 bits per heavy atom. The molecule has 2 fully saturated rings. The molecule has 1 atom stereocenters. The molecule has 4 heterocycles. The van der Waals surface area contributed by atoms with E-state index in [4.69, 9.17) is 14.9 Å². The van der Waals surface area contributed by atoms with Crippen molar-refractivity contribution in [3.63, 3.8) is 0 Å². The number of piperidine rings is 1. The summed E-state index contributed by atoms with van der Waals surface area (Å²) in [5.41, 5.74) is 2.00. The Hall–Kier alpha value is -2.17. The molecule has 2 aliphatic rings. The molecule has 1 aromatic carbocycles. The van der Waals surface area contributed by atoms with Crippen LogP contribution in [0.2, 0.25) is 0 Å². The molecule has 0 bridgehead atoms. The van der Waals surface area contributed by atoms with Crippen molar-refractivity contribution in [2.24, 2.45) is 0 Å². The molecule has 1 amide bonds. The van der Waals surface area contributed by atoms with Crippen LogP contribution in [0.15, 0.2) is 28.9 Å². The molecule has 10 heteroatoms. The lowest BCUT2D eigenvalue weighted by Crippen LogP contribution is -2.44. The number of nitrogens with zero attached hydrogens (tertiary/aromatic N) is 4. The first-order valence-electron chi connectivity index (χ1n) is 10.6. The van der Waals surface area contributed by atoms with Crippen LogP contribution in [-0.2, 0) is 4.74 Å². The summed E-state index contributed by atoms with van der Waals surface area (Å²) in [6.45, 7) is 2.35. The number of halogens is 1. The number of nitrogens with one attached hydrogen (secondary N) is 1. The largest absolute Gasteiger partial charge is 0.465 e. The van der Waals surface area contributed by atoms with E-state index in [0.717, 1.165) is 82.9 Å². The molecule has 2 saturated heterocycles. The van der Waals surface area contributed by atoms with Crippen molar-refractivity contribution in [1.82, 2.24) is 20.1 Å². The number of benzene rings is 1. The molecule has 0 aliphatic carbocycles. The van der Waals surface area contributed by atoms with E-state index in [0.29, 0.717) is 0 Å². The molecular weight excluding hydrogens is 482 g/mol. The second kappa shape index (κ2) is 8.76. The topological polar surface area (TPSA) is 92.5 Å². The summed E-state index contributed by atoms with van der Waals surface area (Å²) in [6.07, 6.45) is 5.70. The number of amides is 1. The van der Waals surface area contributed by atoms with Gasteiger partial charge >= 0.3 is 6.09 Å². The fraction of sp³-hybridized carbons (Fsp3) is 0.476. The smallest absolute Gasteiger partial charge is 0.404 e. The average molecular weight is 506 g/mol. The molecule has 164 valence electrons. The van der Waals surface area contributed by atoms with Gasteiger partial charge in [0, 0.05) is 41.8 Å². The number of rotatable bonds is 4. The maximum Gasteiger partial charge on any atom is 0.404 e. The lowest BCUT2D eigenvalue weighted by Gasteiger charge is -2.31. The highest BCUT2D eigenvalue weighted by atomic mass is 79.9. The minimum atomic E-state index is -0.953. The van der Waals surface area contributed by atoms with E-state index in [-0.39, 0.29) is 12.3 Å². The number of fused-ring (bicyclic) bond motifs is 1. The summed E-state index contributed by atoms with van der Waals surface area (Å²) in [6, 6.07) is 6.26. The molecule has 2 aromatic heterocycles. The number of aromatic nitrogens is 3. The van der Waals surface area contributed by atoms with Crippen LogP contribution in [-0.4, -0.2) is 51.7 Å². The fourth-order valence-corrected chi connectivity index (χ4v) is 5.67. The second-order valence-electron chi connectivity index (χ2n) is 7.99. The quantitative estimate of drug-likeness (QED) is 0.525. The van der Waals surface area contributed by atoms with Gasteiger partial charge in [0.25, 0.3) is 0 Å². The number of ether oxygens (including phenoxy) is 1. The summed E-state index contributed by atoms with van der Waals surface area (Å²) in [7, 11) is 0. The third kappa shape index (κ3) is 4.28. The minimum absolute atomic E-state index is 0.0145. The Kier molecular flexibility index (Phi) is 5.85. The second-order valence-corrected chi connectivity index (χ2v) is 9.92. The van der Waals surface area contributed by atoms with Gasteiger partial charge in [-0.15, -0.1) is 0 Å². The number of carboxylic acid groups (broad SMARTS) is 1. The first-order valence-corrected chi connectivity index (χ1v) is 12.2. The fourth-order valence-electron chi connectivity index (χ4n) is 4.34. The van der Waals surface area contributed by atoms with Crippen molar-refractivity contribution in [3.05, 3.63) is 28.9 Å². The van der Waals surface area contributed by atoms with Crippen molar-refractivity contribution in [3.8, 4) is 10.6 Å². The number of carbonyl (C=O) groups is 1. The normalized spacial score (nSPS) is 20.3. The summed E-state index contributed by atoms with van der Waals surface area (Å²) in [5, 5.41) is 18.5. The van der Waals surface area contributed by atoms with E-state index >= 15 is 0 Å². The molecule has 1 unspecified atom stereocenters. The van der Waals surface area contributed by atoms with Gasteiger partial charge in [-0.25, -0.2) is 14.5 Å². The predicted molar refractivity (Wildman–Crippen MR) is 124 cm³/mol. The first kappa shape index (κ1) is 20.7. The van der Waals surface area contributed by atoms with Gasteiger partial charge in [-0.2, -0.15) is 5.10 Å².